The molecule has 15 aromatic rings. The van der Waals surface area contributed by atoms with Crippen molar-refractivity contribution < 1.29 is 0 Å². The Kier molecular flexibility index (Phi) is 10.3. The monoisotopic (exact) mass is 987 g/mol. The summed E-state index contributed by atoms with van der Waals surface area (Å²) in [5.41, 5.74) is 21.8. The predicted molar refractivity (Wildman–Crippen MR) is 325 cm³/mol. The summed E-state index contributed by atoms with van der Waals surface area (Å²) in [4.78, 5) is 3.83. The first-order chi connectivity index (χ1) is 37.1. The van der Waals surface area contributed by atoms with Crippen LogP contribution in [0.25, 0.3) is 151 Å². The van der Waals surface area contributed by atoms with Crippen molar-refractivity contribution in [3.63, 3.8) is 0 Å². The number of hydrogen-bond donors (Lipinski definition) is 1. The zero-order valence-electron chi connectivity index (χ0n) is 40.7. The van der Waals surface area contributed by atoms with Gasteiger partial charge in [0.25, 0.3) is 0 Å². The Morgan fingerprint density at radius 3 is 0.707 bits per heavy atom. The number of aromatic amines is 1. The number of hydrogen-bond acceptors (Lipinski definition) is 2. The first-order valence-corrected chi connectivity index (χ1v) is 27.3. The van der Waals surface area contributed by atoms with E-state index in [0.29, 0.717) is 0 Å². The van der Waals surface area contributed by atoms with Crippen molar-refractivity contribution in [2.24, 2.45) is 0 Å². The van der Waals surface area contributed by atoms with Crippen LogP contribution in [0.15, 0.2) is 267 Å². The summed E-state index contributed by atoms with van der Waals surface area (Å²) in [6.45, 7) is 0. The van der Waals surface area contributed by atoms with Gasteiger partial charge in [0.05, 0.1) is 0 Å². The molecule has 0 unspecified atom stereocenters. The summed E-state index contributed by atoms with van der Waals surface area (Å²) < 4.78 is 5.19. The Labute approximate surface area is 442 Å². The maximum Gasteiger partial charge on any atom is 0.0465 e. The Bertz CT molecular complexity index is 4350. The van der Waals surface area contributed by atoms with Crippen molar-refractivity contribution in [1.82, 2.24) is 4.98 Å². The molecule has 15 rings (SSSR count). The van der Waals surface area contributed by atoms with Gasteiger partial charge in [-0.3, -0.25) is 0 Å². The van der Waals surface area contributed by atoms with Crippen LogP contribution in [0.2, 0.25) is 0 Å². The van der Waals surface area contributed by atoms with Crippen LogP contribution in [0.1, 0.15) is 0 Å². The van der Waals surface area contributed by atoms with Gasteiger partial charge < -0.3 is 4.98 Å². The molecule has 350 valence electrons. The topological polar surface area (TPSA) is 15.8 Å². The molecular formula is C72H45NS2. The molecule has 75 heavy (non-hydrogen) atoms. The number of thiophene rings is 2. The third-order valence-corrected chi connectivity index (χ3v) is 17.7. The molecule has 0 atom stereocenters. The number of aromatic nitrogens is 1. The van der Waals surface area contributed by atoms with Gasteiger partial charge in [-0.25, -0.2) is 0 Å². The van der Waals surface area contributed by atoms with Crippen molar-refractivity contribution in [3.05, 3.63) is 267 Å². The van der Waals surface area contributed by atoms with Crippen molar-refractivity contribution in [2.45, 2.75) is 0 Å². The van der Waals surface area contributed by atoms with Gasteiger partial charge in [0.1, 0.15) is 0 Å². The molecule has 0 saturated carbocycles. The Balaban J connectivity index is 0.955. The van der Waals surface area contributed by atoms with Crippen LogP contribution in [-0.2, 0) is 0 Å². The highest BCUT2D eigenvalue weighted by molar-refractivity contribution is 7.27. The van der Waals surface area contributed by atoms with Gasteiger partial charge in [-0.2, -0.15) is 0 Å². The molecule has 0 aliphatic rings. The third kappa shape index (κ3) is 7.51. The van der Waals surface area contributed by atoms with Gasteiger partial charge in [0.2, 0.25) is 0 Å². The van der Waals surface area contributed by atoms with E-state index < -0.39 is 0 Å². The Morgan fingerprint density at radius 2 is 0.427 bits per heavy atom. The summed E-state index contributed by atoms with van der Waals surface area (Å²) >= 11 is 3.84. The number of rotatable bonds is 8. The second-order valence-corrected chi connectivity index (χ2v) is 21.7. The summed E-state index contributed by atoms with van der Waals surface area (Å²) in [6.07, 6.45) is 0. The minimum absolute atomic E-state index is 1.13. The average Bonchev–Trinajstić information content (AvgIpc) is 4.19. The molecule has 1 nitrogen and oxygen atoms in total. The fraction of sp³-hybridized carbons (Fsp3) is 0. The molecule has 3 heterocycles. The largest absolute Gasteiger partial charge is 0.355 e. The van der Waals surface area contributed by atoms with Crippen molar-refractivity contribution in [2.75, 3.05) is 0 Å². The number of H-pyrrole nitrogens is 1. The van der Waals surface area contributed by atoms with Gasteiger partial charge in [0, 0.05) is 84.4 Å². The molecule has 0 radical (unpaired) electrons. The molecule has 12 aromatic carbocycles. The smallest absolute Gasteiger partial charge is 0.0465 e. The molecule has 0 amide bonds. The normalized spacial score (nSPS) is 11.7. The zero-order valence-corrected chi connectivity index (χ0v) is 42.4. The van der Waals surface area contributed by atoms with E-state index in [-0.39, 0.29) is 0 Å². The van der Waals surface area contributed by atoms with Crippen LogP contribution >= 0.6 is 22.7 Å². The van der Waals surface area contributed by atoms with Gasteiger partial charge in [0.15, 0.2) is 0 Å². The Hall–Kier alpha value is -9.12. The van der Waals surface area contributed by atoms with E-state index in [9.17, 15) is 0 Å². The molecule has 0 spiro atoms. The van der Waals surface area contributed by atoms with Crippen LogP contribution in [0, 0.1) is 0 Å². The highest BCUT2D eigenvalue weighted by Crippen LogP contribution is 2.50. The summed E-state index contributed by atoms with van der Waals surface area (Å²) in [5.74, 6) is 0. The van der Waals surface area contributed by atoms with Crippen molar-refractivity contribution in [1.29, 1.82) is 0 Å². The average molecular weight is 988 g/mol. The highest BCUT2D eigenvalue weighted by atomic mass is 32.1. The number of benzene rings is 12. The summed E-state index contributed by atoms with van der Waals surface area (Å²) in [5, 5.41) is 7.55. The summed E-state index contributed by atoms with van der Waals surface area (Å²) in [7, 11) is 0. The van der Waals surface area contributed by atoms with E-state index in [1.54, 1.807) is 0 Å². The standard InChI is InChI=1S/C72H45NS2/c1-7-19-45(20-8-1)53-37-57(49-27-15-5-16-28-49)69-63(41-53)65-43-55(47-23-11-3-12-24-47)39-59(71(65)74-69)51-31-33-67-61(35-51)62-36-52(32-34-68(62)73-67)60-40-56(48-25-13-4-14-26-48)44-66-64-42-54(46-21-9-2-10-22-46)38-58(70(64)75-72(60)66)50-29-17-6-18-30-50/h1-44,73H. The van der Waals surface area contributed by atoms with Crippen molar-refractivity contribution >= 4 is 84.8 Å². The molecule has 0 aliphatic heterocycles. The molecule has 0 fully saturated rings. The van der Waals surface area contributed by atoms with E-state index in [4.69, 9.17) is 0 Å². The molecule has 3 aromatic heterocycles. The van der Waals surface area contributed by atoms with Crippen LogP contribution in [0.3, 0.4) is 0 Å². The lowest BCUT2D eigenvalue weighted by molar-refractivity contribution is 1.54. The minimum Gasteiger partial charge on any atom is -0.355 e. The lowest BCUT2D eigenvalue weighted by Crippen LogP contribution is -1.85. The van der Waals surface area contributed by atoms with Crippen molar-refractivity contribution in [3.8, 4) is 89.0 Å². The SMILES string of the molecule is c1ccc(-c2cc(-c3ccccc3)c3sc4c(-c5ccc6[nH]c7ccc(-c8cc(-c9ccccc9)cc9c8sc8c(-c%10ccccc%10)cc(-c%10ccccc%10)cc89)cc7c6c5)cc(-c5ccccc5)cc4c3c2)cc1. The third-order valence-electron chi connectivity index (χ3n) is 15.2. The minimum atomic E-state index is 1.13. The lowest BCUT2D eigenvalue weighted by atomic mass is 9.92. The molecule has 3 heteroatoms. The van der Waals surface area contributed by atoms with Gasteiger partial charge in [-0.15, -0.1) is 22.7 Å². The van der Waals surface area contributed by atoms with E-state index in [2.05, 4.69) is 272 Å². The molecule has 0 aliphatic carbocycles. The van der Waals surface area contributed by atoms with Crippen LogP contribution in [0.5, 0.6) is 0 Å². The molecule has 0 saturated heterocycles. The first-order valence-electron chi connectivity index (χ1n) is 25.6. The van der Waals surface area contributed by atoms with E-state index in [1.165, 1.54) is 140 Å². The number of nitrogens with one attached hydrogen (secondary N) is 1. The van der Waals surface area contributed by atoms with Crippen LogP contribution < -0.4 is 0 Å². The summed E-state index contributed by atoms with van der Waals surface area (Å²) in [6, 6.07) is 98.6. The second-order valence-electron chi connectivity index (χ2n) is 19.6. The fourth-order valence-corrected chi connectivity index (χ4v) is 14.1. The quantitative estimate of drug-likeness (QED) is 0.156. The maximum absolute atomic E-state index is 3.83. The zero-order chi connectivity index (χ0) is 49.4. The van der Waals surface area contributed by atoms with E-state index in [1.807, 2.05) is 22.7 Å². The fourth-order valence-electron chi connectivity index (χ4n) is 11.5. The van der Waals surface area contributed by atoms with Gasteiger partial charge >= 0.3 is 0 Å². The highest BCUT2D eigenvalue weighted by Gasteiger charge is 2.22. The molecule has 1 N–H and O–H groups in total. The second kappa shape index (κ2) is 17.8. The van der Waals surface area contributed by atoms with E-state index in [0.717, 1.165) is 11.0 Å². The van der Waals surface area contributed by atoms with Gasteiger partial charge in [-0.05, 0) is 140 Å². The Morgan fingerprint density at radius 1 is 0.187 bits per heavy atom. The maximum atomic E-state index is 3.83. The first kappa shape index (κ1) is 43.5. The van der Waals surface area contributed by atoms with E-state index >= 15 is 0 Å². The van der Waals surface area contributed by atoms with Crippen LogP contribution in [-0.4, -0.2) is 4.98 Å². The molecular weight excluding hydrogens is 943 g/mol. The lowest BCUT2D eigenvalue weighted by Gasteiger charge is -2.11. The predicted octanol–water partition coefficient (Wildman–Crippen LogP) is 21.4. The van der Waals surface area contributed by atoms with Crippen LogP contribution in [0.4, 0.5) is 0 Å². The molecule has 0 bridgehead atoms. The number of fused-ring (bicyclic) bond motifs is 9. The van der Waals surface area contributed by atoms with Gasteiger partial charge in [-0.1, -0.05) is 194 Å².